The van der Waals surface area contributed by atoms with Gasteiger partial charge in [-0.2, -0.15) is 5.26 Å². The number of halogens is 1. The smallest absolute Gasteiger partial charge is 0.271 e. The highest BCUT2D eigenvalue weighted by Crippen LogP contribution is 2.43. The van der Waals surface area contributed by atoms with Crippen molar-refractivity contribution in [3.8, 4) is 6.07 Å². The lowest BCUT2D eigenvalue weighted by Gasteiger charge is -2.15. The number of nitrogens with zero attached hydrogens (tertiary/aromatic N) is 2. The molecule has 1 N–H and O–H groups in total. The fourth-order valence-corrected chi connectivity index (χ4v) is 3.92. The molecule has 0 saturated heterocycles. The Bertz CT molecular complexity index is 721. The number of nitriles is 1. The number of carbonyl (C=O) groups excluding carboxylic acids is 1. The Kier molecular flexibility index (Phi) is 4.21. The van der Waals surface area contributed by atoms with E-state index in [4.69, 9.17) is 16.9 Å². The van der Waals surface area contributed by atoms with Crippen molar-refractivity contribution in [3.63, 3.8) is 0 Å². The summed E-state index contributed by atoms with van der Waals surface area (Å²) in [6, 6.07) is 3.22. The Morgan fingerprint density at radius 3 is 2.71 bits per heavy atom. The summed E-state index contributed by atoms with van der Waals surface area (Å²) in [5.74, 6) is -0.485. The lowest BCUT2D eigenvalue weighted by molar-refractivity contribution is 0.0948. The average Bonchev–Trinajstić information content (AvgIpc) is 3.26. The van der Waals surface area contributed by atoms with E-state index < -0.39 is 20.5 Å². The summed E-state index contributed by atoms with van der Waals surface area (Å²) in [4.78, 5) is 15.9. The van der Waals surface area contributed by atoms with Crippen LogP contribution < -0.4 is 5.32 Å². The molecule has 0 spiro atoms. The van der Waals surface area contributed by atoms with Gasteiger partial charge in [-0.25, -0.2) is 13.4 Å². The predicted octanol–water partition coefficient (Wildman–Crippen LogP) is 1.30. The Morgan fingerprint density at radius 2 is 2.24 bits per heavy atom. The zero-order valence-corrected chi connectivity index (χ0v) is 13.0. The third kappa shape index (κ3) is 3.01. The van der Waals surface area contributed by atoms with Crippen LogP contribution in [-0.4, -0.2) is 36.4 Å². The van der Waals surface area contributed by atoms with E-state index in [-0.39, 0.29) is 28.6 Å². The molecule has 1 aliphatic carbocycles. The minimum absolute atomic E-state index is 0.0136. The number of aromatic nitrogens is 1. The van der Waals surface area contributed by atoms with E-state index >= 15 is 0 Å². The van der Waals surface area contributed by atoms with Crippen LogP contribution in [0.2, 0.25) is 5.02 Å². The van der Waals surface area contributed by atoms with E-state index in [0.717, 1.165) is 0 Å². The second-order valence-corrected chi connectivity index (χ2v) is 8.02. The van der Waals surface area contributed by atoms with Crippen LogP contribution in [0.4, 0.5) is 0 Å². The second kappa shape index (κ2) is 5.62. The number of hydrogen-bond donors (Lipinski definition) is 1. The zero-order chi connectivity index (χ0) is 15.7. The van der Waals surface area contributed by atoms with Crippen LogP contribution in [0, 0.1) is 11.3 Å². The first-order valence-electron chi connectivity index (χ1n) is 6.41. The lowest BCUT2D eigenvalue weighted by Crippen LogP contribution is -2.39. The van der Waals surface area contributed by atoms with Gasteiger partial charge in [-0.1, -0.05) is 18.5 Å². The van der Waals surface area contributed by atoms with Crippen LogP contribution in [0.1, 0.15) is 35.8 Å². The lowest BCUT2D eigenvalue weighted by atomic mass is 10.2. The quantitative estimate of drug-likeness (QED) is 0.878. The summed E-state index contributed by atoms with van der Waals surface area (Å²) in [6.07, 6.45) is 2.35. The highest BCUT2D eigenvalue weighted by atomic mass is 35.5. The minimum Gasteiger partial charge on any atom is -0.349 e. The molecule has 6 nitrogen and oxygen atoms in total. The minimum atomic E-state index is -3.20. The summed E-state index contributed by atoms with van der Waals surface area (Å²) in [5.41, 5.74) is 0.240. The maximum Gasteiger partial charge on any atom is 0.271 e. The van der Waals surface area contributed by atoms with E-state index in [1.54, 1.807) is 6.92 Å². The highest BCUT2D eigenvalue weighted by Gasteiger charge is 2.53. The number of amides is 1. The Hall–Kier alpha value is -1.65. The molecular formula is C13H14ClN3O3S. The molecule has 1 heterocycles. The van der Waals surface area contributed by atoms with Gasteiger partial charge in [0.1, 0.15) is 11.8 Å². The van der Waals surface area contributed by atoms with Gasteiger partial charge in [-0.3, -0.25) is 4.79 Å². The van der Waals surface area contributed by atoms with E-state index in [9.17, 15) is 13.2 Å². The molecule has 2 rings (SSSR count). The monoisotopic (exact) mass is 327 g/mol. The van der Waals surface area contributed by atoms with Gasteiger partial charge in [0.05, 0.1) is 15.3 Å². The van der Waals surface area contributed by atoms with Crippen LogP contribution in [-0.2, 0) is 9.84 Å². The number of rotatable bonds is 5. The third-order valence-corrected chi connectivity index (χ3v) is 6.52. The Morgan fingerprint density at radius 1 is 1.57 bits per heavy atom. The standard InChI is InChI=1S/C13H14ClN3O3S/c1-2-21(19,20)13(3-4-13)8-17-12(18)11-10(14)5-9(6-15)7-16-11/h5,7H,2-4,8H2,1H3,(H,17,18). The Balaban J connectivity index is 2.09. The Labute approximate surface area is 128 Å². The van der Waals surface area contributed by atoms with Gasteiger partial charge in [0.25, 0.3) is 5.91 Å². The summed E-state index contributed by atoms with van der Waals surface area (Å²) >= 11 is 5.89. The zero-order valence-electron chi connectivity index (χ0n) is 11.4. The summed E-state index contributed by atoms with van der Waals surface area (Å²) in [5, 5.41) is 11.3. The maximum atomic E-state index is 12.0. The first-order chi connectivity index (χ1) is 9.85. The van der Waals surface area contributed by atoms with Crippen LogP contribution >= 0.6 is 11.6 Å². The van der Waals surface area contributed by atoms with Gasteiger partial charge in [-0.05, 0) is 18.9 Å². The van der Waals surface area contributed by atoms with Crippen molar-refractivity contribution in [1.29, 1.82) is 5.26 Å². The SMILES string of the molecule is CCS(=O)(=O)C1(CNC(=O)c2ncc(C#N)cc2Cl)CC1. The highest BCUT2D eigenvalue weighted by molar-refractivity contribution is 7.93. The molecule has 112 valence electrons. The fraction of sp³-hybridized carbons (Fsp3) is 0.462. The van der Waals surface area contributed by atoms with Crippen molar-refractivity contribution >= 4 is 27.3 Å². The van der Waals surface area contributed by atoms with Gasteiger partial charge in [-0.15, -0.1) is 0 Å². The van der Waals surface area contributed by atoms with E-state index in [1.807, 2.05) is 6.07 Å². The molecular weight excluding hydrogens is 314 g/mol. The molecule has 1 aliphatic rings. The number of nitrogens with one attached hydrogen (secondary N) is 1. The summed E-state index contributed by atoms with van der Waals surface area (Å²) in [6.45, 7) is 1.65. The molecule has 0 aromatic carbocycles. The maximum absolute atomic E-state index is 12.0. The molecule has 1 saturated carbocycles. The molecule has 1 fully saturated rings. The largest absolute Gasteiger partial charge is 0.349 e. The van der Waals surface area contributed by atoms with Crippen LogP contribution in [0.15, 0.2) is 12.3 Å². The molecule has 0 unspecified atom stereocenters. The van der Waals surface area contributed by atoms with Crippen molar-refractivity contribution in [1.82, 2.24) is 10.3 Å². The number of pyridine rings is 1. The topological polar surface area (TPSA) is 99.9 Å². The molecule has 0 atom stereocenters. The molecule has 0 aliphatic heterocycles. The van der Waals surface area contributed by atoms with Crippen LogP contribution in [0.25, 0.3) is 0 Å². The molecule has 8 heteroatoms. The average molecular weight is 328 g/mol. The van der Waals surface area contributed by atoms with Crippen molar-refractivity contribution in [2.24, 2.45) is 0 Å². The van der Waals surface area contributed by atoms with E-state index in [0.29, 0.717) is 12.8 Å². The van der Waals surface area contributed by atoms with Gasteiger partial charge < -0.3 is 5.32 Å². The van der Waals surface area contributed by atoms with E-state index in [1.165, 1.54) is 12.3 Å². The molecule has 21 heavy (non-hydrogen) atoms. The first-order valence-corrected chi connectivity index (χ1v) is 8.44. The first kappa shape index (κ1) is 15.7. The number of carbonyl (C=O) groups is 1. The normalized spacial score (nSPS) is 16.0. The van der Waals surface area contributed by atoms with Crippen molar-refractivity contribution in [2.75, 3.05) is 12.3 Å². The molecule has 1 aromatic rings. The van der Waals surface area contributed by atoms with Crippen molar-refractivity contribution in [2.45, 2.75) is 24.5 Å². The molecule has 1 amide bonds. The van der Waals surface area contributed by atoms with Gasteiger partial charge >= 0.3 is 0 Å². The molecule has 0 bridgehead atoms. The third-order valence-electron chi connectivity index (χ3n) is 3.60. The van der Waals surface area contributed by atoms with E-state index in [2.05, 4.69) is 10.3 Å². The van der Waals surface area contributed by atoms with Crippen molar-refractivity contribution < 1.29 is 13.2 Å². The molecule has 1 aromatic heterocycles. The van der Waals surface area contributed by atoms with Gasteiger partial charge in [0.15, 0.2) is 9.84 Å². The van der Waals surface area contributed by atoms with Crippen molar-refractivity contribution in [3.05, 3.63) is 28.5 Å². The van der Waals surface area contributed by atoms with Crippen LogP contribution in [0.3, 0.4) is 0 Å². The fourth-order valence-electron chi connectivity index (χ4n) is 2.03. The van der Waals surface area contributed by atoms with Crippen LogP contribution in [0.5, 0.6) is 0 Å². The predicted molar refractivity (Wildman–Crippen MR) is 77.7 cm³/mol. The number of sulfone groups is 1. The molecule has 0 radical (unpaired) electrons. The number of hydrogen-bond acceptors (Lipinski definition) is 5. The summed E-state index contributed by atoms with van der Waals surface area (Å²) < 4.78 is 23.1. The summed E-state index contributed by atoms with van der Waals surface area (Å²) in [7, 11) is -3.20. The second-order valence-electron chi connectivity index (χ2n) is 4.94. The van der Waals surface area contributed by atoms with Gasteiger partial charge in [0.2, 0.25) is 0 Å². The van der Waals surface area contributed by atoms with Gasteiger partial charge in [0, 0.05) is 18.5 Å².